The van der Waals surface area contributed by atoms with E-state index >= 15 is 0 Å². The van der Waals surface area contributed by atoms with Gasteiger partial charge in [0, 0.05) is 42.0 Å². The molecule has 0 radical (unpaired) electrons. The molecule has 24 heavy (non-hydrogen) atoms. The Morgan fingerprint density at radius 1 is 1.29 bits per heavy atom. The molecule has 0 bridgehead atoms. The number of nitrogens with zero attached hydrogens (tertiary/aromatic N) is 2. The van der Waals surface area contributed by atoms with E-state index in [1.807, 2.05) is 29.5 Å². The average molecular weight is 347 g/mol. The summed E-state index contributed by atoms with van der Waals surface area (Å²) in [5.74, 6) is 0.660. The van der Waals surface area contributed by atoms with E-state index in [9.17, 15) is 0 Å². The summed E-state index contributed by atoms with van der Waals surface area (Å²) < 4.78 is 10.7. The number of ether oxygens (including phenoxy) is 2. The molecule has 1 aliphatic heterocycles. The molecule has 0 saturated carbocycles. The average Bonchev–Trinajstić information content (AvgIpc) is 3.05. The highest BCUT2D eigenvalue weighted by atomic mass is 32.1. The number of hydrogen-bond donors (Lipinski definition) is 1. The Bertz CT molecular complexity index is 641. The lowest BCUT2D eigenvalue weighted by molar-refractivity contribution is 0.0168. The van der Waals surface area contributed by atoms with Crippen LogP contribution in [0.3, 0.4) is 0 Å². The van der Waals surface area contributed by atoms with Gasteiger partial charge in [0.15, 0.2) is 0 Å². The van der Waals surface area contributed by atoms with E-state index in [-0.39, 0.29) is 0 Å². The largest absolute Gasteiger partial charge is 0.481 e. The summed E-state index contributed by atoms with van der Waals surface area (Å²) in [6.07, 6.45) is 0. The van der Waals surface area contributed by atoms with Crippen LogP contribution in [0.1, 0.15) is 21.5 Å². The molecule has 1 aliphatic rings. The topological polar surface area (TPSA) is 46.6 Å². The quantitative estimate of drug-likeness (QED) is 0.834. The van der Waals surface area contributed by atoms with Crippen molar-refractivity contribution in [3.8, 4) is 5.88 Å². The van der Waals surface area contributed by atoms with Crippen molar-refractivity contribution in [1.82, 2.24) is 15.2 Å². The van der Waals surface area contributed by atoms with Crippen LogP contribution < -0.4 is 10.1 Å². The molecule has 0 aliphatic carbocycles. The molecule has 1 atom stereocenters. The molecular weight excluding hydrogens is 322 g/mol. The van der Waals surface area contributed by atoms with Crippen molar-refractivity contribution in [3.63, 3.8) is 0 Å². The summed E-state index contributed by atoms with van der Waals surface area (Å²) in [7, 11) is 1.65. The monoisotopic (exact) mass is 347 g/mol. The smallest absolute Gasteiger partial charge is 0.213 e. The fourth-order valence-corrected chi connectivity index (χ4v) is 3.95. The normalized spacial score (nSPS) is 16.9. The summed E-state index contributed by atoms with van der Waals surface area (Å²) in [4.78, 5) is 9.75. The number of methoxy groups -OCH3 is 1. The van der Waals surface area contributed by atoms with E-state index in [4.69, 9.17) is 9.47 Å². The molecule has 0 aromatic carbocycles. The van der Waals surface area contributed by atoms with Crippen molar-refractivity contribution in [1.29, 1.82) is 0 Å². The molecule has 2 aromatic heterocycles. The molecule has 130 valence electrons. The van der Waals surface area contributed by atoms with Crippen molar-refractivity contribution in [2.24, 2.45) is 0 Å². The van der Waals surface area contributed by atoms with E-state index in [0.717, 1.165) is 45.1 Å². The molecule has 0 spiro atoms. The molecule has 3 rings (SSSR count). The molecule has 1 saturated heterocycles. The third-order valence-corrected chi connectivity index (χ3v) is 5.31. The summed E-state index contributed by atoms with van der Waals surface area (Å²) in [6, 6.07) is 10.7. The van der Waals surface area contributed by atoms with E-state index in [2.05, 4.69) is 34.3 Å². The summed E-state index contributed by atoms with van der Waals surface area (Å²) in [5, 5.41) is 3.56. The highest BCUT2D eigenvalue weighted by Crippen LogP contribution is 2.28. The van der Waals surface area contributed by atoms with Crippen molar-refractivity contribution in [2.75, 3.05) is 40.0 Å². The fourth-order valence-electron chi connectivity index (χ4n) is 2.94. The number of aryl methyl sites for hydroxylation is 1. The first kappa shape index (κ1) is 17.4. The van der Waals surface area contributed by atoms with Gasteiger partial charge in [-0.2, -0.15) is 0 Å². The zero-order chi connectivity index (χ0) is 16.8. The van der Waals surface area contributed by atoms with Gasteiger partial charge in [-0.3, -0.25) is 4.90 Å². The Kier molecular flexibility index (Phi) is 6.20. The van der Waals surface area contributed by atoms with Gasteiger partial charge in [0.05, 0.1) is 32.1 Å². The second-order valence-electron chi connectivity index (χ2n) is 5.91. The number of morpholine rings is 1. The minimum atomic E-state index is 0.387. The number of pyridine rings is 1. The SMILES string of the molecule is COc1cccc(CNCC(c2ccc(C)s2)N2CCOCC2)n1. The van der Waals surface area contributed by atoms with Crippen molar-refractivity contribution < 1.29 is 9.47 Å². The summed E-state index contributed by atoms with van der Waals surface area (Å²) in [6.45, 7) is 7.41. The Hall–Kier alpha value is -1.47. The van der Waals surface area contributed by atoms with Crippen LogP contribution >= 0.6 is 11.3 Å². The molecule has 6 heteroatoms. The van der Waals surface area contributed by atoms with Gasteiger partial charge in [-0.25, -0.2) is 4.98 Å². The lowest BCUT2D eigenvalue weighted by Gasteiger charge is -2.34. The molecule has 5 nitrogen and oxygen atoms in total. The summed E-state index contributed by atoms with van der Waals surface area (Å²) >= 11 is 1.88. The number of hydrogen-bond acceptors (Lipinski definition) is 6. The Balaban J connectivity index is 1.63. The zero-order valence-electron chi connectivity index (χ0n) is 14.3. The maximum absolute atomic E-state index is 5.51. The highest BCUT2D eigenvalue weighted by Gasteiger charge is 2.23. The molecule has 1 N–H and O–H groups in total. The first-order valence-corrected chi connectivity index (χ1v) is 9.16. The van der Waals surface area contributed by atoms with E-state index in [1.54, 1.807) is 7.11 Å². The van der Waals surface area contributed by atoms with Gasteiger partial charge >= 0.3 is 0 Å². The number of rotatable bonds is 7. The third kappa shape index (κ3) is 4.54. The lowest BCUT2D eigenvalue weighted by atomic mass is 10.2. The van der Waals surface area contributed by atoms with Crippen LogP contribution in [0.2, 0.25) is 0 Å². The zero-order valence-corrected chi connectivity index (χ0v) is 15.1. The predicted octanol–water partition coefficient (Wildman–Crippen LogP) is 2.62. The molecular formula is C18H25N3O2S. The maximum atomic E-state index is 5.51. The Morgan fingerprint density at radius 3 is 2.83 bits per heavy atom. The van der Waals surface area contributed by atoms with Crippen LogP contribution in [0.25, 0.3) is 0 Å². The van der Waals surface area contributed by atoms with Crippen LogP contribution in [-0.2, 0) is 11.3 Å². The van der Waals surface area contributed by atoms with Gasteiger partial charge in [0.25, 0.3) is 0 Å². The van der Waals surface area contributed by atoms with E-state index in [1.165, 1.54) is 9.75 Å². The number of aromatic nitrogens is 1. The molecule has 1 unspecified atom stereocenters. The molecule has 1 fully saturated rings. The Labute approximate surface area is 147 Å². The van der Waals surface area contributed by atoms with Crippen LogP contribution in [0.4, 0.5) is 0 Å². The standard InChI is InChI=1S/C18H25N3O2S/c1-14-6-7-17(24-14)16(21-8-10-23-11-9-21)13-19-12-15-4-3-5-18(20-15)22-2/h3-7,16,19H,8-13H2,1-2H3. The van der Waals surface area contributed by atoms with Crippen LogP contribution in [0.15, 0.2) is 30.3 Å². The minimum absolute atomic E-state index is 0.387. The predicted molar refractivity (Wildman–Crippen MR) is 96.7 cm³/mol. The second kappa shape index (κ2) is 8.58. The minimum Gasteiger partial charge on any atom is -0.481 e. The van der Waals surface area contributed by atoms with Crippen molar-refractivity contribution in [2.45, 2.75) is 19.5 Å². The lowest BCUT2D eigenvalue weighted by Crippen LogP contribution is -2.42. The van der Waals surface area contributed by atoms with Gasteiger partial charge in [0.1, 0.15) is 0 Å². The first-order valence-electron chi connectivity index (χ1n) is 8.35. The highest BCUT2D eigenvalue weighted by molar-refractivity contribution is 7.12. The van der Waals surface area contributed by atoms with Crippen molar-refractivity contribution in [3.05, 3.63) is 45.8 Å². The maximum Gasteiger partial charge on any atom is 0.213 e. The number of thiophene rings is 1. The van der Waals surface area contributed by atoms with Crippen LogP contribution in [0, 0.1) is 6.92 Å². The van der Waals surface area contributed by atoms with Crippen LogP contribution in [0.5, 0.6) is 5.88 Å². The first-order chi connectivity index (χ1) is 11.8. The molecule has 0 amide bonds. The van der Waals surface area contributed by atoms with Gasteiger partial charge in [-0.1, -0.05) is 6.07 Å². The summed E-state index contributed by atoms with van der Waals surface area (Å²) in [5.41, 5.74) is 0.998. The molecule has 3 heterocycles. The Morgan fingerprint density at radius 2 is 2.12 bits per heavy atom. The van der Waals surface area contributed by atoms with Crippen molar-refractivity contribution >= 4 is 11.3 Å². The number of nitrogens with one attached hydrogen (secondary N) is 1. The van der Waals surface area contributed by atoms with E-state index < -0.39 is 0 Å². The van der Waals surface area contributed by atoms with Gasteiger partial charge in [-0.05, 0) is 25.1 Å². The van der Waals surface area contributed by atoms with Gasteiger partial charge in [0.2, 0.25) is 5.88 Å². The van der Waals surface area contributed by atoms with Crippen LogP contribution in [-0.4, -0.2) is 49.8 Å². The van der Waals surface area contributed by atoms with Gasteiger partial charge in [-0.15, -0.1) is 11.3 Å². The fraction of sp³-hybridized carbons (Fsp3) is 0.500. The molecule has 2 aromatic rings. The van der Waals surface area contributed by atoms with E-state index in [0.29, 0.717) is 11.9 Å². The second-order valence-corrected chi connectivity index (χ2v) is 7.23. The third-order valence-electron chi connectivity index (χ3n) is 4.21. The van der Waals surface area contributed by atoms with Gasteiger partial charge < -0.3 is 14.8 Å².